The van der Waals surface area contributed by atoms with Gasteiger partial charge in [0.2, 0.25) is 5.91 Å². The van der Waals surface area contributed by atoms with E-state index < -0.39 is 0 Å². The van der Waals surface area contributed by atoms with E-state index in [9.17, 15) is 4.79 Å². The smallest absolute Gasteiger partial charge is 0.223 e. The number of hydrogen-bond donors (Lipinski definition) is 1. The lowest BCUT2D eigenvalue weighted by Crippen LogP contribution is -2.44. The van der Waals surface area contributed by atoms with Crippen molar-refractivity contribution in [3.8, 4) is 5.75 Å². The molecule has 1 aromatic rings. The van der Waals surface area contributed by atoms with Crippen molar-refractivity contribution in [1.82, 2.24) is 10.2 Å². The molecule has 0 bridgehead atoms. The Hall–Kier alpha value is -1.55. The summed E-state index contributed by atoms with van der Waals surface area (Å²) in [5.74, 6) is 1.32. The summed E-state index contributed by atoms with van der Waals surface area (Å²) >= 11 is 0. The Balaban J connectivity index is 1.90. The third-order valence-corrected chi connectivity index (χ3v) is 4.42. The number of benzene rings is 1. The lowest BCUT2D eigenvalue weighted by molar-refractivity contribution is -0.132. The van der Waals surface area contributed by atoms with Crippen molar-refractivity contribution in [1.29, 1.82) is 0 Å². The van der Waals surface area contributed by atoms with Crippen molar-refractivity contribution >= 4 is 5.91 Å². The highest BCUT2D eigenvalue weighted by Gasteiger charge is 2.23. The molecule has 1 atom stereocenters. The molecule has 1 unspecified atom stereocenters. The van der Waals surface area contributed by atoms with Crippen LogP contribution in [-0.4, -0.2) is 44.1 Å². The summed E-state index contributed by atoms with van der Waals surface area (Å²) in [5.41, 5.74) is 1.18. The number of nitrogens with one attached hydrogen (secondary N) is 1. The summed E-state index contributed by atoms with van der Waals surface area (Å²) in [6.07, 6.45) is 2.67. The van der Waals surface area contributed by atoms with Crippen LogP contribution in [0.1, 0.15) is 37.7 Å². The summed E-state index contributed by atoms with van der Waals surface area (Å²) in [4.78, 5) is 14.4. The van der Waals surface area contributed by atoms with Gasteiger partial charge in [-0.15, -0.1) is 0 Å². The zero-order chi connectivity index (χ0) is 15.2. The standard InChI is InChI=1S/C17H26N2O2/c1-13(14-4-6-16(21-3)7-5-14)12-17(20)19(2)15-8-10-18-11-9-15/h4-7,13,15,18H,8-12H2,1-3H3. The quantitative estimate of drug-likeness (QED) is 0.905. The second-order valence-corrected chi connectivity index (χ2v) is 5.86. The van der Waals surface area contributed by atoms with Gasteiger partial charge in [-0.3, -0.25) is 4.79 Å². The molecule has 0 radical (unpaired) electrons. The topological polar surface area (TPSA) is 41.6 Å². The molecular weight excluding hydrogens is 264 g/mol. The first-order chi connectivity index (χ1) is 10.1. The van der Waals surface area contributed by atoms with Crippen LogP contribution in [0.5, 0.6) is 5.75 Å². The van der Waals surface area contributed by atoms with Gasteiger partial charge in [-0.1, -0.05) is 19.1 Å². The largest absolute Gasteiger partial charge is 0.497 e. The predicted octanol–water partition coefficient (Wildman–Crippen LogP) is 2.40. The molecule has 1 aromatic carbocycles. The molecule has 116 valence electrons. The Morgan fingerprint density at radius 1 is 1.33 bits per heavy atom. The Labute approximate surface area is 127 Å². The number of rotatable bonds is 5. The van der Waals surface area contributed by atoms with E-state index in [1.807, 2.05) is 36.2 Å². The predicted molar refractivity (Wildman–Crippen MR) is 84.7 cm³/mol. The molecule has 21 heavy (non-hydrogen) atoms. The van der Waals surface area contributed by atoms with Gasteiger partial charge in [0.15, 0.2) is 0 Å². The molecule has 1 amide bonds. The Bertz CT molecular complexity index is 452. The minimum Gasteiger partial charge on any atom is -0.497 e. The number of carbonyl (C=O) groups is 1. The van der Waals surface area contributed by atoms with Crippen LogP contribution in [0.3, 0.4) is 0 Å². The minimum atomic E-state index is 0.229. The minimum absolute atomic E-state index is 0.229. The molecular formula is C17H26N2O2. The molecule has 1 heterocycles. The fourth-order valence-corrected chi connectivity index (χ4v) is 2.85. The molecule has 0 spiro atoms. The van der Waals surface area contributed by atoms with E-state index >= 15 is 0 Å². The number of ether oxygens (including phenoxy) is 1. The van der Waals surface area contributed by atoms with Gasteiger partial charge < -0.3 is 15.0 Å². The highest BCUT2D eigenvalue weighted by molar-refractivity contribution is 5.77. The van der Waals surface area contributed by atoms with Crippen LogP contribution in [-0.2, 0) is 4.79 Å². The Morgan fingerprint density at radius 2 is 1.95 bits per heavy atom. The Kier molecular flexibility index (Phi) is 5.62. The van der Waals surface area contributed by atoms with Gasteiger partial charge in [0.1, 0.15) is 5.75 Å². The van der Waals surface area contributed by atoms with E-state index in [1.54, 1.807) is 7.11 Å². The monoisotopic (exact) mass is 290 g/mol. The summed E-state index contributed by atoms with van der Waals surface area (Å²) in [6.45, 7) is 4.13. The average molecular weight is 290 g/mol. The van der Waals surface area contributed by atoms with Crippen LogP contribution in [0.15, 0.2) is 24.3 Å². The van der Waals surface area contributed by atoms with Crippen molar-refractivity contribution in [2.24, 2.45) is 0 Å². The van der Waals surface area contributed by atoms with Crippen molar-refractivity contribution in [2.75, 3.05) is 27.2 Å². The van der Waals surface area contributed by atoms with Crippen LogP contribution >= 0.6 is 0 Å². The molecule has 4 nitrogen and oxygen atoms in total. The zero-order valence-electron chi connectivity index (χ0n) is 13.3. The van der Waals surface area contributed by atoms with Crippen LogP contribution in [0.2, 0.25) is 0 Å². The second-order valence-electron chi connectivity index (χ2n) is 5.86. The number of methoxy groups -OCH3 is 1. The van der Waals surface area contributed by atoms with Crippen molar-refractivity contribution in [3.63, 3.8) is 0 Å². The van der Waals surface area contributed by atoms with Gasteiger partial charge in [0.25, 0.3) is 0 Å². The van der Waals surface area contributed by atoms with Crippen LogP contribution in [0, 0.1) is 0 Å². The maximum absolute atomic E-state index is 12.4. The first-order valence-corrected chi connectivity index (χ1v) is 7.72. The normalized spacial score (nSPS) is 17.3. The number of piperidine rings is 1. The number of carbonyl (C=O) groups excluding carboxylic acids is 1. The molecule has 0 aliphatic carbocycles. The van der Waals surface area contributed by atoms with Crippen LogP contribution in [0.4, 0.5) is 0 Å². The molecule has 4 heteroatoms. The first-order valence-electron chi connectivity index (χ1n) is 7.72. The van der Waals surface area contributed by atoms with E-state index in [0.717, 1.165) is 31.7 Å². The van der Waals surface area contributed by atoms with Gasteiger partial charge in [0, 0.05) is 19.5 Å². The third kappa shape index (κ3) is 4.21. The van der Waals surface area contributed by atoms with Gasteiger partial charge in [-0.2, -0.15) is 0 Å². The summed E-state index contributed by atoms with van der Waals surface area (Å²) in [7, 11) is 3.61. The summed E-state index contributed by atoms with van der Waals surface area (Å²) < 4.78 is 5.17. The fraction of sp³-hybridized carbons (Fsp3) is 0.588. The maximum Gasteiger partial charge on any atom is 0.223 e. The summed E-state index contributed by atoms with van der Waals surface area (Å²) in [6, 6.07) is 8.38. The molecule has 1 N–H and O–H groups in total. The first kappa shape index (κ1) is 15.8. The van der Waals surface area contributed by atoms with E-state index in [2.05, 4.69) is 12.2 Å². The van der Waals surface area contributed by atoms with Gasteiger partial charge >= 0.3 is 0 Å². The van der Waals surface area contributed by atoms with E-state index in [1.165, 1.54) is 5.56 Å². The van der Waals surface area contributed by atoms with Gasteiger partial charge in [0.05, 0.1) is 7.11 Å². The number of nitrogens with zero attached hydrogens (tertiary/aromatic N) is 1. The SMILES string of the molecule is COc1ccc(C(C)CC(=O)N(C)C2CCNCC2)cc1. The van der Waals surface area contributed by atoms with E-state index in [4.69, 9.17) is 4.74 Å². The number of hydrogen-bond acceptors (Lipinski definition) is 3. The highest BCUT2D eigenvalue weighted by Crippen LogP contribution is 2.23. The molecule has 1 aliphatic heterocycles. The molecule has 1 aliphatic rings. The molecule has 1 saturated heterocycles. The van der Waals surface area contributed by atoms with Crippen molar-refractivity contribution in [3.05, 3.63) is 29.8 Å². The van der Waals surface area contributed by atoms with Gasteiger partial charge in [-0.25, -0.2) is 0 Å². The number of amides is 1. The van der Waals surface area contributed by atoms with Crippen LogP contribution in [0.25, 0.3) is 0 Å². The van der Waals surface area contributed by atoms with Crippen molar-refractivity contribution < 1.29 is 9.53 Å². The second kappa shape index (κ2) is 7.46. The average Bonchev–Trinajstić information content (AvgIpc) is 2.55. The lowest BCUT2D eigenvalue weighted by atomic mass is 9.96. The molecule has 0 aromatic heterocycles. The van der Waals surface area contributed by atoms with Gasteiger partial charge in [-0.05, 0) is 49.5 Å². The maximum atomic E-state index is 12.4. The Morgan fingerprint density at radius 3 is 2.52 bits per heavy atom. The lowest BCUT2D eigenvalue weighted by Gasteiger charge is -2.32. The summed E-state index contributed by atoms with van der Waals surface area (Å²) in [5, 5.41) is 3.34. The van der Waals surface area contributed by atoms with Crippen LogP contribution < -0.4 is 10.1 Å². The van der Waals surface area contributed by atoms with E-state index in [-0.39, 0.29) is 11.8 Å². The zero-order valence-corrected chi connectivity index (χ0v) is 13.3. The van der Waals surface area contributed by atoms with Crippen molar-refractivity contribution in [2.45, 2.75) is 38.1 Å². The third-order valence-electron chi connectivity index (χ3n) is 4.42. The molecule has 1 fully saturated rings. The molecule has 0 saturated carbocycles. The van der Waals surface area contributed by atoms with E-state index in [0.29, 0.717) is 12.5 Å². The molecule has 2 rings (SSSR count). The fourth-order valence-electron chi connectivity index (χ4n) is 2.85. The highest BCUT2D eigenvalue weighted by atomic mass is 16.5.